The molecule has 9 heteroatoms. The van der Waals surface area contributed by atoms with E-state index in [-0.39, 0.29) is 53.5 Å². The molecule has 2 atom stereocenters. The number of nitrogens with zero attached hydrogens (tertiary/aromatic N) is 1. The zero-order chi connectivity index (χ0) is 19.8. The Hall–Kier alpha value is -1.93. The van der Waals surface area contributed by atoms with Gasteiger partial charge in [-0.15, -0.1) is 11.6 Å². The Bertz CT molecular complexity index is 806. The highest BCUT2D eigenvalue weighted by Gasteiger charge is 2.44. The van der Waals surface area contributed by atoms with Gasteiger partial charge in [0.05, 0.1) is 18.9 Å². The largest absolute Gasteiger partial charge is 0.511 e. The number of ether oxygens (including phenoxy) is 1. The summed E-state index contributed by atoms with van der Waals surface area (Å²) in [5.74, 6) is -2.02. The third-order valence-corrected chi connectivity index (χ3v) is 5.04. The van der Waals surface area contributed by atoms with Gasteiger partial charge in [0.15, 0.2) is 5.78 Å². The Labute approximate surface area is 158 Å². The second-order valence-electron chi connectivity index (χ2n) is 6.59. The molecule has 1 saturated carbocycles. The van der Waals surface area contributed by atoms with Crippen LogP contribution in [0, 0.1) is 11.8 Å². The van der Waals surface area contributed by atoms with Gasteiger partial charge in [0.2, 0.25) is 5.78 Å². The van der Waals surface area contributed by atoms with Crippen molar-refractivity contribution < 1.29 is 32.6 Å². The molecule has 3 rings (SSSR count). The van der Waals surface area contributed by atoms with Crippen LogP contribution >= 0.6 is 11.6 Å². The predicted molar refractivity (Wildman–Crippen MR) is 89.4 cm³/mol. The average molecular weight is 404 g/mol. The van der Waals surface area contributed by atoms with E-state index in [1.807, 2.05) is 0 Å². The van der Waals surface area contributed by atoms with E-state index in [1.165, 1.54) is 0 Å². The van der Waals surface area contributed by atoms with Gasteiger partial charge in [-0.05, 0) is 31.4 Å². The number of pyridine rings is 1. The molecular weight excluding hydrogens is 387 g/mol. The zero-order valence-electron chi connectivity index (χ0n) is 14.2. The third kappa shape index (κ3) is 3.87. The van der Waals surface area contributed by atoms with Crippen LogP contribution in [0.1, 0.15) is 41.0 Å². The van der Waals surface area contributed by atoms with Crippen molar-refractivity contribution in [2.45, 2.75) is 32.0 Å². The van der Waals surface area contributed by atoms with Gasteiger partial charge in [0.25, 0.3) is 0 Å². The minimum atomic E-state index is -4.69. The number of fused-ring (bicyclic) bond motifs is 2. The number of carbonyl (C=O) groups is 2. The molecular formula is C18H17ClF3NO4. The number of Topliss-reactive ketones (excluding diaryl/α,β-unsaturated/α-hetero) is 2. The fourth-order valence-corrected chi connectivity index (χ4v) is 3.67. The van der Waals surface area contributed by atoms with Gasteiger partial charge in [-0.1, -0.05) is 0 Å². The quantitative estimate of drug-likeness (QED) is 0.338. The van der Waals surface area contributed by atoms with E-state index in [0.717, 1.165) is 6.07 Å². The number of hydrogen-bond acceptors (Lipinski definition) is 5. The second-order valence-corrected chi connectivity index (χ2v) is 6.97. The van der Waals surface area contributed by atoms with E-state index in [1.54, 1.807) is 0 Å². The summed E-state index contributed by atoms with van der Waals surface area (Å²) < 4.78 is 44.0. The number of hydrogen-bond donors (Lipinski definition) is 1. The van der Waals surface area contributed by atoms with Crippen LogP contribution in [0.5, 0.6) is 0 Å². The standard InChI is InChI=1S/C18H17ClF3NO4/c19-5-6-27-8-12-11(3-4-13(23-12)18(20,21)22)17(26)14-15(24)9-1-2-10(7-9)16(14)25/h3-4,9-10,24H,1-2,5-8H2. The fraction of sp³-hybridized carbons (Fsp3) is 0.500. The predicted octanol–water partition coefficient (Wildman–Crippen LogP) is 3.85. The lowest BCUT2D eigenvalue weighted by atomic mass is 9.83. The summed E-state index contributed by atoms with van der Waals surface area (Å²) in [6.45, 7) is -0.309. The molecule has 2 aliphatic carbocycles. The molecule has 1 N–H and O–H groups in total. The monoisotopic (exact) mass is 403 g/mol. The van der Waals surface area contributed by atoms with Gasteiger partial charge in [0.1, 0.15) is 17.0 Å². The maximum Gasteiger partial charge on any atom is 0.433 e. The summed E-state index contributed by atoms with van der Waals surface area (Å²) in [4.78, 5) is 28.9. The Morgan fingerprint density at radius 1 is 1.30 bits per heavy atom. The highest BCUT2D eigenvalue weighted by Crippen LogP contribution is 2.43. The fourth-order valence-electron chi connectivity index (χ4n) is 3.56. The first-order chi connectivity index (χ1) is 12.7. The number of halogens is 4. The Kier molecular flexibility index (Phi) is 5.58. The van der Waals surface area contributed by atoms with Gasteiger partial charge in [-0.3, -0.25) is 9.59 Å². The molecule has 1 fully saturated rings. The normalized spacial score (nSPS) is 22.4. The molecule has 2 unspecified atom stereocenters. The van der Waals surface area contributed by atoms with Crippen molar-refractivity contribution in [3.8, 4) is 0 Å². The molecule has 146 valence electrons. The second kappa shape index (κ2) is 7.59. The van der Waals surface area contributed by atoms with Gasteiger partial charge >= 0.3 is 6.18 Å². The number of aliphatic hydroxyl groups is 1. The van der Waals surface area contributed by atoms with Gasteiger partial charge in [0, 0.05) is 23.3 Å². The SMILES string of the molecule is O=C(C1=C(O)C2CCC(C2)C1=O)c1ccc(C(F)(F)F)nc1COCCCl. The first-order valence-corrected chi connectivity index (χ1v) is 9.00. The number of aromatic nitrogens is 1. The van der Waals surface area contributed by atoms with Crippen LogP contribution in [0.15, 0.2) is 23.5 Å². The molecule has 0 aliphatic heterocycles. The molecule has 0 amide bonds. The smallest absolute Gasteiger partial charge is 0.433 e. The van der Waals surface area contributed by atoms with Gasteiger partial charge < -0.3 is 9.84 Å². The van der Waals surface area contributed by atoms with Gasteiger partial charge in [-0.25, -0.2) is 4.98 Å². The van der Waals surface area contributed by atoms with E-state index in [0.29, 0.717) is 25.3 Å². The van der Waals surface area contributed by atoms with E-state index < -0.39 is 23.4 Å². The lowest BCUT2D eigenvalue weighted by Gasteiger charge is -2.21. The molecule has 0 aromatic carbocycles. The van der Waals surface area contributed by atoms with Crippen LogP contribution in [-0.2, 0) is 22.3 Å². The van der Waals surface area contributed by atoms with E-state index in [2.05, 4.69) is 4.98 Å². The third-order valence-electron chi connectivity index (χ3n) is 4.89. The topological polar surface area (TPSA) is 76.5 Å². The van der Waals surface area contributed by atoms with E-state index >= 15 is 0 Å². The van der Waals surface area contributed by atoms with Crippen LogP contribution < -0.4 is 0 Å². The number of allylic oxidation sites excluding steroid dienone is 2. The molecule has 1 aromatic rings. The van der Waals surface area contributed by atoms with Crippen molar-refractivity contribution in [2.24, 2.45) is 11.8 Å². The van der Waals surface area contributed by atoms with Crippen molar-refractivity contribution in [2.75, 3.05) is 12.5 Å². The van der Waals surface area contributed by atoms with E-state index in [9.17, 15) is 27.9 Å². The lowest BCUT2D eigenvalue weighted by Crippen LogP contribution is -2.28. The lowest BCUT2D eigenvalue weighted by molar-refractivity contribution is -0.141. The summed E-state index contributed by atoms with van der Waals surface area (Å²) in [6, 6.07) is 1.65. The Morgan fingerprint density at radius 3 is 2.67 bits per heavy atom. The Balaban J connectivity index is 2.00. The van der Waals surface area contributed by atoms with Crippen LogP contribution in [0.4, 0.5) is 13.2 Å². The maximum atomic E-state index is 13.0. The zero-order valence-corrected chi connectivity index (χ0v) is 14.9. The summed E-state index contributed by atoms with van der Waals surface area (Å²) in [6.07, 6.45) is -3.00. The van der Waals surface area contributed by atoms with Crippen molar-refractivity contribution in [3.05, 3.63) is 40.4 Å². The molecule has 2 bridgehead atoms. The number of rotatable bonds is 6. The molecule has 0 radical (unpaired) electrons. The first-order valence-electron chi connectivity index (χ1n) is 8.47. The van der Waals surface area contributed by atoms with Crippen LogP contribution in [-0.4, -0.2) is 34.1 Å². The van der Waals surface area contributed by atoms with Crippen molar-refractivity contribution in [1.29, 1.82) is 0 Å². The van der Waals surface area contributed by atoms with Crippen molar-refractivity contribution in [1.82, 2.24) is 4.98 Å². The van der Waals surface area contributed by atoms with E-state index in [4.69, 9.17) is 16.3 Å². The maximum absolute atomic E-state index is 13.0. The molecule has 1 heterocycles. The minimum Gasteiger partial charge on any atom is -0.511 e. The van der Waals surface area contributed by atoms with Crippen LogP contribution in [0.2, 0.25) is 0 Å². The molecule has 0 spiro atoms. The highest BCUT2D eigenvalue weighted by atomic mass is 35.5. The number of carbonyl (C=O) groups excluding carboxylic acids is 2. The summed E-state index contributed by atoms with van der Waals surface area (Å²) in [5, 5.41) is 10.3. The molecule has 1 aromatic heterocycles. The summed E-state index contributed by atoms with van der Waals surface area (Å²) in [7, 11) is 0. The first kappa shape index (κ1) is 19.8. The summed E-state index contributed by atoms with van der Waals surface area (Å²) >= 11 is 5.50. The number of alkyl halides is 4. The number of ketones is 2. The average Bonchev–Trinajstić information content (AvgIpc) is 3.07. The number of aliphatic hydroxyl groups excluding tert-OH is 1. The van der Waals surface area contributed by atoms with Crippen molar-refractivity contribution >= 4 is 23.2 Å². The molecule has 27 heavy (non-hydrogen) atoms. The van der Waals surface area contributed by atoms with Crippen LogP contribution in [0.3, 0.4) is 0 Å². The molecule has 2 aliphatic rings. The molecule has 0 saturated heterocycles. The Morgan fingerprint density at radius 2 is 2.00 bits per heavy atom. The summed E-state index contributed by atoms with van der Waals surface area (Å²) in [5.41, 5.74) is -1.94. The minimum absolute atomic E-state index is 0.0597. The molecule has 5 nitrogen and oxygen atoms in total. The highest BCUT2D eigenvalue weighted by molar-refractivity contribution is 6.28. The van der Waals surface area contributed by atoms with Crippen molar-refractivity contribution in [3.63, 3.8) is 0 Å². The van der Waals surface area contributed by atoms with Gasteiger partial charge in [-0.2, -0.15) is 13.2 Å². The van der Waals surface area contributed by atoms with Crippen LogP contribution in [0.25, 0.3) is 0 Å².